The Hall–Kier alpha value is -2.77. The highest BCUT2D eigenvalue weighted by Crippen LogP contribution is 2.35. The summed E-state index contributed by atoms with van der Waals surface area (Å²) >= 11 is 1.65. The maximum Gasteiger partial charge on any atom is 0.416 e. The van der Waals surface area contributed by atoms with Crippen LogP contribution in [0.4, 0.5) is 13.2 Å². The Bertz CT molecular complexity index is 1420. The summed E-state index contributed by atoms with van der Waals surface area (Å²) in [5.41, 5.74) is 0.932. The maximum absolute atomic E-state index is 13.8. The second kappa shape index (κ2) is 14.1. The third-order valence-electron chi connectivity index (χ3n) is 6.99. The van der Waals surface area contributed by atoms with Crippen LogP contribution in [0.15, 0.2) is 64.2 Å². The van der Waals surface area contributed by atoms with Crippen molar-refractivity contribution in [1.82, 2.24) is 9.62 Å². The molecule has 2 aromatic carbocycles. The zero-order valence-electron chi connectivity index (χ0n) is 23.8. The zero-order valence-corrected chi connectivity index (χ0v) is 25.5. The number of hydrogen-bond acceptors (Lipinski definition) is 6. The lowest BCUT2D eigenvalue weighted by Gasteiger charge is -2.29. The molecule has 3 aromatic rings. The first-order chi connectivity index (χ1) is 19.6. The number of nitrogens with zero attached hydrogens (tertiary/aromatic N) is 1. The average molecular weight is 627 g/mol. The molecule has 0 radical (unpaired) electrons. The summed E-state index contributed by atoms with van der Waals surface area (Å²) in [6.07, 6.45) is -3.02. The van der Waals surface area contributed by atoms with Crippen molar-refractivity contribution in [3.63, 3.8) is 0 Å². The van der Waals surface area contributed by atoms with Crippen molar-refractivity contribution in [2.75, 3.05) is 20.1 Å². The van der Waals surface area contributed by atoms with Crippen LogP contribution in [0.3, 0.4) is 0 Å². The maximum atomic E-state index is 13.8. The Morgan fingerprint density at radius 2 is 1.71 bits per heavy atom. The minimum Gasteiger partial charge on any atom is -0.481 e. The first-order valence-electron chi connectivity index (χ1n) is 13.5. The fourth-order valence-electron chi connectivity index (χ4n) is 4.48. The molecule has 0 saturated heterocycles. The molecule has 1 heterocycles. The number of carboxylic acids is 1. The van der Waals surface area contributed by atoms with Crippen LogP contribution in [-0.2, 0) is 33.8 Å². The number of carboxylic acid groups (broad SMARTS) is 1. The van der Waals surface area contributed by atoms with Crippen LogP contribution in [0.2, 0.25) is 0 Å². The Kier molecular flexibility index (Phi) is 11.4. The number of benzene rings is 2. The zero-order chi connectivity index (χ0) is 31.1. The number of thiophene rings is 1. The molecule has 12 heteroatoms. The topological polar surface area (TPSA) is 107 Å². The Labute approximate surface area is 249 Å². The standard InChI is InChI=1S/C30H37F3N2O5S2/c1-29(2,13-4-5-22-12-14-41-20-22)34-18-26(36)19-35(3)42(39,40)27-16-24(15-25(17-27)30(31,32)33)23-9-6-21(7-10-23)8-11-28(37)38/h6-7,9-10,12,14-17,20,26,34,36H,4-5,8,11,13,18-19H2,1-3H3,(H,37,38)/t26-/m1/s1. The van der Waals surface area contributed by atoms with Crippen molar-refractivity contribution in [1.29, 1.82) is 0 Å². The van der Waals surface area contributed by atoms with E-state index >= 15 is 0 Å². The lowest BCUT2D eigenvalue weighted by molar-refractivity contribution is -0.138. The van der Waals surface area contributed by atoms with Gasteiger partial charge in [0.05, 0.1) is 16.6 Å². The number of nitrogens with one attached hydrogen (secondary N) is 1. The van der Waals surface area contributed by atoms with Gasteiger partial charge >= 0.3 is 12.1 Å². The number of aryl methyl sites for hydroxylation is 2. The average Bonchev–Trinajstić information content (AvgIpc) is 3.44. The SMILES string of the molecule is CN(C[C@H](O)CNC(C)(C)CCCc1ccsc1)S(=O)(=O)c1cc(-c2ccc(CCC(=O)O)cc2)cc(C(F)(F)F)c1. The quantitative estimate of drug-likeness (QED) is 0.196. The normalized spacial score (nSPS) is 13.4. The lowest BCUT2D eigenvalue weighted by Crippen LogP contribution is -2.46. The number of likely N-dealkylation sites (N-methyl/N-ethyl adjacent to an activating group) is 1. The molecule has 0 spiro atoms. The van der Waals surface area contributed by atoms with Crippen LogP contribution >= 0.6 is 11.3 Å². The molecule has 42 heavy (non-hydrogen) atoms. The number of carbonyl (C=O) groups is 1. The number of hydrogen-bond donors (Lipinski definition) is 3. The van der Waals surface area contributed by atoms with E-state index in [2.05, 4.69) is 16.8 Å². The molecule has 0 aliphatic heterocycles. The summed E-state index contributed by atoms with van der Waals surface area (Å²) in [7, 11) is -3.16. The largest absolute Gasteiger partial charge is 0.481 e. The highest BCUT2D eigenvalue weighted by molar-refractivity contribution is 7.89. The first-order valence-corrected chi connectivity index (χ1v) is 15.9. The summed E-state index contributed by atoms with van der Waals surface area (Å²) in [6, 6.07) is 11.0. The van der Waals surface area contributed by atoms with Crippen molar-refractivity contribution in [3.8, 4) is 11.1 Å². The Balaban J connectivity index is 1.71. The molecule has 0 bridgehead atoms. The van der Waals surface area contributed by atoms with Gasteiger partial charge in [0.15, 0.2) is 0 Å². The van der Waals surface area contributed by atoms with Gasteiger partial charge in [0.25, 0.3) is 0 Å². The van der Waals surface area contributed by atoms with E-state index in [9.17, 15) is 31.5 Å². The number of rotatable bonds is 15. The molecule has 0 aliphatic rings. The van der Waals surface area contributed by atoms with Crippen LogP contribution in [0, 0.1) is 0 Å². The number of aliphatic hydroxyl groups excluding tert-OH is 1. The molecule has 3 N–H and O–H groups in total. The fraction of sp³-hybridized carbons (Fsp3) is 0.433. The summed E-state index contributed by atoms with van der Waals surface area (Å²) in [5, 5.41) is 26.9. The smallest absolute Gasteiger partial charge is 0.416 e. The van der Waals surface area contributed by atoms with Gasteiger partial charge in [-0.2, -0.15) is 28.8 Å². The van der Waals surface area contributed by atoms with Gasteiger partial charge < -0.3 is 15.5 Å². The number of halogens is 3. The molecule has 7 nitrogen and oxygen atoms in total. The Morgan fingerprint density at radius 3 is 2.31 bits per heavy atom. The minimum absolute atomic E-state index is 0.0491. The predicted octanol–water partition coefficient (Wildman–Crippen LogP) is 5.82. The van der Waals surface area contributed by atoms with E-state index in [0.29, 0.717) is 17.2 Å². The van der Waals surface area contributed by atoms with Crippen LogP contribution in [-0.4, -0.2) is 60.7 Å². The van der Waals surface area contributed by atoms with E-state index in [1.54, 1.807) is 23.5 Å². The van der Waals surface area contributed by atoms with Crippen molar-refractivity contribution in [2.45, 2.75) is 68.7 Å². The summed E-state index contributed by atoms with van der Waals surface area (Å²) in [6.45, 7) is 3.78. The third kappa shape index (κ3) is 9.91. The van der Waals surface area contributed by atoms with E-state index in [4.69, 9.17) is 5.11 Å². The van der Waals surface area contributed by atoms with E-state index in [-0.39, 0.29) is 37.0 Å². The molecular formula is C30H37F3N2O5S2. The van der Waals surface area contributed by atoms with Gasteiger partial charge in [-0.05, 0) is 96.8 Å². The van der Waals surface area contributed by atoms with Crippen molar-refractivity contribution >= 4 is 27.3 Å². The fourth-order valence-corrected chi connectivity index (χ4v) is 6.47. The number of aliphatic hydroxyl groups is 1. The molecule has 1 atom stereocenters. The Morgan fingerprint density at radius 1 is 1.02 bits per heavy atom. The van der Waals surface area contributed by atoms with Gasteiger partial charge in [-0.15, -0.1) is 0 Å². The molecule has 0 unspecified atom stereocenters. The summed E-state index contributed by atoms with van der Waals surface area (Å²) in [4.78, 5) is 10.3. The molecule has 0 saturated carbocycles. The number of sulfonamides is 1. The van der Waals surface area contributed by atoms with E-state index in [1.165, 1.54) is 30.8 Å². The number of alkyl halides is 3. The second-order valence-corrected chi connectivity index (χ2v) is 13.8. The lowest BCUT2D eigenvalue weighted by atomic mass is 9.96. The third-order valence-corrected chi connectivity index (χ3v) is 9.52. The monoisotopic (exact) mass is 626 g/mol. The van der Waals surface area contributed by atoms with Crippen LogP contribution in [0.1, 0.15) is 49.8 Å². The van der Waals surface area contributed by atoms with Gasteiger partial charge in [0, 0.05) is 32.1 Å². The van der Waals surface area contributed by atoms with Crippen LogP contribution < -0.4 is 5.32 Å². The molecule has 3 rings (SSSR count). The predicted molar refractivity (Wildman–Crippen MR) is 158 cm³/mol. The summed E-state index contributed by atoms with van der Waals surface area (Å²) < 4.78 is 68.9. The van der Waals surface area contributed by atoms with E-state index in [0.717, 1.165) is 29.6 Å². The van der Waals surface area contributed by atoms with Gasteiger partial charge in [0.2, 0.25) is 10.0 Å². The van der Waals surface area contributed by atoms with Crippen LogP contribution in [0.25, 0.3) is 11.1 Å². The second-order valence-electron chi connectivity index (χ2n) is 11.0. The molecular weight excluding hydrogens is 589 g/mol. The van der Waals surface area contributed by atoms with Crippen molar-refractivity contribution in [2.24, 2.45) is 0 Å². The van der Waals surface area contributed by atoms with Gasteiger partial charge in [-0.1, -0.05) is 24.3 Å². The summed E-state index contributed by atoms with van der Waals surface area (Å²) in [5.74, 6) is -0.967. The molecule has 0 fully saturated rings. The van der Waals surface area contributed by atoms with Crippen molar-refractivity contribution in [3.05, 3.63) is 76.0 Å². The van der Waals surface area contributed by atoms with Gasteiger partial charge in [-0.3, -0.25) is 4.79 Å². The molecule has 0 aliphatic carbocycles. The van der Waals surface area contributed by atoms with E-state index in [1.807, 2.05) is 19.2 Å². The molecule has 0 amide bonds. The van der Waals surface area contributed by atoms with Crippen LogP contribution in [0.5, 0.6) is 0 Å². The minimum atomic E-state index is -4.79. The first kappa shape index (κ1) is 33.7. The molecule has 230 valence electrons. The van der Waals surface area contributed by atoms with Crippen molar-refractivity contribution < 1.29 is 36.6 Å². The number of aliphatic carboxylic acids is 1. The van der Waals surface area contributed by atoms with Gasteiger partial charge in [0.1, 0.15) is 0 Å². The highest BCUT2D eigenvalue weighted by Gasteiger charge is 2.34. The molecule has 1 aromatic heterocycles. The number of β-amino-alcohol motifs (C(OH)–C–C–N with tert-alkyl or cyclic N) is 1. The van der Waals surface area contributed by atoms with E-state index < -0.39 is 38.7 Å². The highest BCUT2D eigenvalue weighted by atomic mass is 32.2. The van der Waals surface area contributed by atoms with Gasteiger partial charge in [-0.25, -0.2) is 8.42 Å².